The van der Waals surface area contributed by atoms with E-state index < -0.39 is 0 Å². The van der Waals surface area contributed by atoms with Crippen LogP contribution in [-0.4, -0.2) is 7.05 Å². The van der Waals surface area contributed by atoms with E-state index in [9.17, 15) is 0 Å². The molecule has 2 aromatic rings. The Morgan fingerprint density at radius 1 is 1.00 bits per heavy atom. The van der Waals surface area contributed by atoms with E-state index in [4.69, 9.17) is 5.73 Å². The molecule has 0 spiro atoms. The van der Waals surface area contributed by atoms with Gasteiger partial charge in [-0.1, -0.05) is 24.3 Å². The Morgan fingerprint density at radius 3 is 2.31 bits per heavy atom. The fourth-order valence-corrected chi connectivity index (χ4v) is 1.77. The molecule has 2 aromatic carbocycles. The van der Waals surface area contributed by atoms with Crippen molar-refractivity contribution in [2.45, 2.75) is 6.92 Å². The minimum absolute atomic E-state index is 0.811. The Hall–Kier alpha value is -1.96. The summed E-state index contributed by atoms with van der Waals surface area (Å²) in [5.41, 5.74) is 10.2. The summed E-state index contributed by atoms with van der Waals surface area (Å²) < 4.78 is 0. The highest BCUT2D eigenvalue weighted by atomic mass is 15.1. The Morgan fingerprint density at radius 2 is 1.69 bits per heavy atom. The number of aryl methyl sites for hydroxylation is 1. The van der Waals surface area contributed by atoms with Crippen LogP contribution in [-0.2, 0) is 0 Å². The zero-order chi connectivity index (χ0) is 11.5. The molecule has 0 saturated carbocycles. The van der Waals surface area contributed by atoms with Crippen LogP contribution in [0.25, 0.3) is 0 Å². The van der Waals surface area contributed by atoms with Gasteiger partial charge in [0.1, 0.15) is 0 Å². The lowest BCUT2D eigenvalue weighted by atomic mass is 10.1. The van der Waals surface area contributed by atoms with Crippen LogP contribution < -0.4 is 10.6 Å². The second kappa shape index (κ2) is 4.27. The first-order chi connectivity index (χ1) is 7.68. The zero-order valence-electron chi connectivity index (χ0n) is 9.64. The molecule has 2 rings (SSSR count). The van der Waals surface area contributed by atoms with Crippen molar-refractivity contribution in [3.8, 4) is 0 Å². The van der Waals surface area contributed by atoms with E-state index >= 15 is 0 Å². The van der Waals surface area contributed by atoms with Crippen LogP contribution in [0.15, 0.2) is 48.5 Å². The van der Waals surface area contributed by atoms with E-state index in [-0.39, 0.29) is 0 Å². The van der Waals surface area contributed by atoms with Crippen LogP contribution in [0.1, 0.15) is 5.56 Å². The molecule has 2 N–H and O–H groups in total. The molecule has 16 heavy (non-hydrogen) atoms. The summed E-state index contributed by atoms with van der Waals surface area (Å²) in [6, 6.07) is 16.3. The van der Waals surface area contributed by atoms with Crippen LogP contribution in [0.2, 0.25) is 0 Å². The van der Waals surface area contributed by atoms with E-state index in [0.717, 1.165) is 17.1 Å². The summed E-state index contributed by atoms with van der Waals surface area (Å²) in [4.78, 5) is 2.09. The molecule has 0 heterocycles. The van der Waals surface area contributed by atoms with Crippen LogP contribution in [0.3, 0.4) is 0 Å². The van der Waals surface area contributed by atoms with Gasteiger partial charge >= 0.3 is 0 Å². The molecule has 0 saturated heterocycles. The SMILES string of the molecule is Cc1ccc(N(C)c2ccccc2)c(N)c1. The quantitative estimate of drug-likeness (QED) is 0.773. The van der Waals surface area contributed by atoms with Crippen molar-refractivity contribution < 1.29 is 0 Å². The third-order valence-electron chi connectivity index (χ3n) is 2.69. The van der Waals surface area contributed by atoms with Crippen LogP contribution >= 0.6 is 0 Å². The largest absolute Gasteiger partial charge is 0.397 e. The molecule has 82 valence electrons. The molecule has 0 aliphatic heterocycles. The maximum absolute atomic E-state index is 6.02. The summed E-state index contributed by atoms with van der Waals surface area (Å²) in [5.74, 6) is 0. The van der Waals surface area contributed by atoms with Crippen molar-refractivity contribution >= 4 is 17.1 Å². The lowest BCUT2D eigenvalue weighted by Gasteiger charge is -2.21. The normalized spacial score (nSPS) is 10.1. The number of hydrogen-bond donors (Lipinski definition) is 1. The van der Waals surface area contributed by atoms with E-state index in [1.807, 2.05) is 38.2 Å². The van der Waals surface area contributed by atoms with Gasteiger partial charge in [-0.25, -0.2) is 0 Å². The number of rotatable bonds is 2. The van der Waals surface area contributed by atoms with E-state index in [1.165, 1.54) is 5.56 Å². The van der Waals surface area contributed by atoms with Crippen LogP contribution in [0.5, 0.6) is 0 Å². The Balaban J connectivity index is 2.38. The fourth-order valence-electron chi connectivity index (χ4n) is 1.77. The lowest BCUT2D eigenvalue weighted by Crippen LogP contribution is -2.11. The molecule has 0 atom stereocenters. The van der Waals surface area contributed by atoms with E-state index in [0.29, 0.717) is 0 Å². The van der Waals surface area contributed by atoms with Crippen molar-refractivity contribution in [2.75, 3.05) is 17.7 Å². The highest BCUT2D eigenvalue weighted by Crippen LogP contribution is 2.29. The summed E-state index contributed by atoms with van der Waals surface area (Å²) in [6.45, 7) is 2.04. The van der Waals surface area contributed by atoms with Gasteiger partial charge in [0.05, 0.1) is 11.4 Å². The van der Waals surface area contributed by atoms with Gasteiger partial charge in [0.15, 0.2) is 0 Å². The minimum Gasteiger partial charge on any atom is -0.397 e. The predicted molar refractivity (Wildman–Crippen MR) is 70.1 cm³/mol. The highest BCUT2D eigenvalue weighted by Gasteiger charge is 2.06. The average molecular weight is 212 g/mol. The molecule has 0 radical (unpaired) electrons. The van der Waals surface area contributed by atoms with Crippen molar-refractivity contribution in [3.05, 3.63) is 54.1 Å². The molecule has 0 bridgehead atoms. The number of nitrogens with zero attached hydrogens (tertiary/aromatic N) is 1. The number of para-hydroxylation sites is 1. The van der Waals surface area contributed by atoms with Crippen LogP contribution in [0, 0.1) is 6.92 Å². The van der Waals surface area contributed by atoms with E-state index in [2.05, 4.69) is 29.2 Å². The minimum atomic E-state index is 0.811. The molecule has 0 fully saturated rings. The molecule has 2 heteroatoms. The van der Waals surface area contributed by atoms with Gasteiger partial charge in [0.2, 0.25) is 0 Å². The monoisotopic (exact) mass is 212 g/mol. The molecule has 2 nitrogen and oxygen atoms in total. The first kappa shape index (κ1) is 10.6. The average Bonchev–Trinajstić information content (AvgIpc) is 2.29. The second-order valence-electron chi connectivity index (χ2n) is 3.96. The summed E-state index contributed by atoms with van der Waals surface area (Å²) in [6.07, 6.45) is 0. The number of hydrogen-bond acceptors (Lipinski definition) is 2. The van der Waals surface area contributed by atoms with Gasteiger partial charge in [-0.3, -0.25) is 0 Å². The Kier molecular flexibility index (Phi) is 2.82. The molecular formula is C14H16N2. The molecule has 0 aliphatic carbocycles. The van der Waals surface area contributed by atoms with Crippen molar-refractivity contribution in [1.82, 2.24) is 0 Å². The van der Waals surface area contributed by atoms with Crippen molar-refractivity contribution in [1.29, 1.82) is 0 Å². The first-order valence-corrected chi connectivity index (χ1v) is 5.33. The summed E-state index contributed by atoms with van der Waals surface area (Å²) in [7, 11) is 2.02. The third kappa shape index (κ3) is 2.01. The molecule has 0 unspecified atom stereocenters. The Labute approximate surface area is 96.3 Å². The maximum atomic E-state index is 6.02. The topological polar surface area (TPSA) is 29.3 Å². The smallest absolute Gasteiger partial charge is 0.0641 e. The number of anilines is 3. The summed E-state index contributed by atoms with van der Waals surface area (Å²) in [5, 5.41) is 0. The van der Waals surface area contributed by atoms with Crippen LogP contribution in [0.4, 0.5) is 17.1 Å². The van der Waals surface area contributed by atoms with Gasteiger partial charge in [0, 0.05) is 12.7 Å². The third-order valence-corrected chi connectivity index (χ3v) is 2.69. The Bertz CT molecular complexity index is 477. The number of nitrogen functional groups attached to an aromatic ring is 1. The predicted octanol–water partition coefficient (Wildman–Crippen LogP) is 3.35. The van der Waals surface area contributed by atoms with Gasteiger partial charge in [-0.15, -0.1) is 0 Å². The van der Waals surface area contributed by atoms with Gasteiger partial charge in [-0.2, -0.15) is 0 Å². The highest BCUT2D eigenvalue weighted by molar-refractivity contribution is 5.74. The molecule has 0 aliphatic rings. The molecule has 0 aromatic heterocycles. The number of benzene rings is 2. The van der Waals surface area contributed by atoms with E-state index in [1.54, 1.807) is 0 Å². The first-order valence-electron chi connectivity index (χ1n) is 5.33. The van der Waals surface area contributed by atoms with Gasteiger partial charge in [0.25, 0.3) is 0 Å². The standard InChI is InChI=1S/C14H16N2/c1-11-8-9-14(13(15)10-11)16(2)12-6-4-3-5-7-12/h3-10H,15H2,1-2H3. The number of nitrogens with two attached hydrogens (primary N) is 1. The van der Waals surface area contributed by atoms with Gasteiger partial charge in [-0.05, 0) is 36.8 Å². The molecule has 0 amide bonds. The summed E-state index contributed by atoms with van der Waals surface area (Å²) >= 11 is 0. The lowest BCUT2D eigenvalue weighted by molar-refractivity contribution is 1.21. The maximum Gasteiger partial charge on any atom is 0.0641 e. The zero-order valence-corrected chi connectivity index (χ0v) is 9.64. The fraction of sp³-hybridized carbons (Fsp3) is 0.143. The van der Waals surface area contributed by atoms with Crippen molar-refractivity contribution in [2.24, 2.45) is 0 Å². The second-order valence-corrected chi connectivity index (χ2v) is 3.96. The van der Waals surface area contributed by atoms with Crippen molar-refractivity contribution in [3.63, 3.8) is 0 Å². The molecular weight excluding hydrogens is 196 g/mol. The van der Waals surface area contributed by atoms with Gasteiger partial charge < -0.3 is 10.6 Å².